The third kappa shape index (κ3) is 8.59. The Bertz CT molecular complexity index is 1580. The summed E-state index contributed by atoms with van der Waals surface area (Å²) in [5.74, 6) is -0.363. The van der Waals surface area contributed by atoms with E-state index in [9.17, 15) is 28.0 Å². The van der Waals surface area contributed by atoms with Crippen LogP contribution in [-0.4, -0.2) is 60.1 Å². The van der Waals surface area contributed by atoms with Gasteiger partial charge in [0, 0.05) is 56.1 Å². The summed E-state index contributed by atoms with van der Waals surface area (Å²) in [6, 6.07) is 20.4. The molecule has 11 heteroatoms. The van der Waals surface area contributed by atoms with Gasteiger partial charge in [-0.25, -0.2) is 4.79 Å². The number of nitrogens with zero attached hydrogens (tertiary/aromatic N) is 3. The van der Waals surface area contributed by atoms with Crippen LogP contribution in [0, 0.1) is 11.3 Å². The Morgan fingerprint density at radius 1 is 1.00 bits per heavy atom. The molecule has 0 aliphatic rings. The molecule has 2 N–H and O–H groups in total. The number of rotatable bonds is 12. The Labute approximate surface area is 247 Å². The van der Waals surface area contributed by atoms with Crippen molar-refractivity contribution in [3.63, 3.8) is 0 Å². The SMILES string of the molecule is COCCCN(CC(=O)N(CCc1c[nH]c2ccccc12)Cc1ccc(C(F)(F)F)cc1)C(=O)Nc1cccc(C#N)c1. The van der Waals surface area contributed by atoms with Crippen molar-refractivity contribution in [2.75, 3.05) is 38.7 Å². The average Bonchev–Trinajstić information content (AvgIpc) is 3.41. The minimum absolute atomic E-state index is 0.0665. The zero-order valence-corrected chi connectivity index (χ0v) is 23.7. The normalized spacial score (nSPS) is 11.2. The van der Waals surface area contributed by atoms with Crippen LogP contribution in [0.5, 0.6) is 0 Å². The molecule has 4 rings (SSSR count). The number of hydrogen-bond acceptors (Lipinski definition) is 4. The van der Waals surface area contributed by atoms with Crippen LogP contribution in [0.25, 0.3) is 10.9 Å². The molecule has 224 valence electrons. The molecule has 43 heavy (non-hydrogen) atoms. The lowest BCUT2D eigenvalue weighted by molar-refractivity contribution is -0.137. The number of para-hydroxylation sites is 1. The topological polar surface area (TPSA) is 101 Å². The number of aromatic amines is 1. The van der Waals surface area contributed by atoms with Gasteiger partial charge in [0.15, 0.2) is 0 Å². The third-order valence-electron chi connectivity index (χ3n) is 6.97. The minimum atomic E-state index is -4.47. The Morgan fingerprint density at radius 3 is 2.49 bits per heavy atom. The molecule has 0 saturated heterocycles. The number of benzene rings is 3. The second kappa shape index (κ2) is 14.4. The number of aromatic nitrogens is 1. The van der Waals surface area contributed by atoms with Crippen molar-refractivity contribution in [3.8, 4) is 6.07 Å². The maximum atomic E-state index is 13.7. The maximum Gasteiger partial charge on any atom is 0.416 e. The van der Waals surface area contributed by atoms with E-state index in [4.69, 9.17) is 4.74 Å². The van der Waals surface area contributed by atoms with Crippen molar-refractivity contribution in [3.05, 3.63) is 101 Å². The summed E-state index contributed by atoms with van der Waals surface area (Å²) in [5, 5.41) is 13.0. The van der Waals surface area contributed by atoms with Gasteiger partial charge in [0.1, 0.15) is 6.54 Å². The van der Waals surface area contributed by atoms with Crippen LogP contribution in [0.15, 0.2) is 79.0 Å². The molecule has 3 aromatic carbocycles. The molecule has 3 amide bonds. The lowest BCUT2D eigenvalue weighted by atomic mass is 10.1. The Hall–Kier alpha value is -4.82. The molecule has 0 aliphatic carbocycles. The van der Waals surface area contributed by atoms with Gasteiger partial charge < -0.3 is 24.8 Å². The van der Waals surface area contributed by atoms with Crippen molar-refractivity contribution >= 4 is 28.5 Å². The molecule has 0 spiro atoms. The van der Waals surface area contributed by atoms with E-state index in [1.165, 1.54) is 23.1 Å². The second-order valence-electron chi connectivity index (χ2n) is 10.0. The smallest absolute Gasteiger partial charge is 0.385 e. The molecule has 4 aromatic rings. The summed E-state index contributed by atoms with van der Waals surface area (Å²) >= 11 is 0. The summed E-state index contributed by atoms with van der Waals surface area (Å²) < 4.78 is 44.5. The van der Waals surface area contributed by atoms with E-state index in [1.807, 2.05) is 36.5 Å². The highest BCUT2D eigenvalue weighted by molar-refractivity contribution is 5.92. The van der Waals surface area contributed by atoms with Gasteiger partial charge in [0.25, 0.3) is 0 Å². The number of anilines is 1. The standard InChI is InChI=1S/C32H32F3N5O3/c1-43-17-5-15-40(31(42)38-27-7-4-6-24(18-27)19-36)22-30(41)39(21-23-10-12-26(13-11-23)32(33,34)35)16-14-25-20-37-29-9-3-2-8-28(25)29/h2-4,6-13,18,20,37H,5,14-17,21-22H2,1H3,(H,38,42). The summed E-state index contributed by atoms with van der Waals surface area (Å²) in [4.78, 5) is 33.1. The third-order valence-corrected chi connectivity index (χ3v) is 6.97. The summed E-state index contributed by atoms with van der Waals surface area (Å²) in [6.07, 6.45) is -1.62. The number of carbonyl (C=O) groups excluding carboxylic acids is 2. The van der Waals surface area contributed by atoms with Crippen molar-refractivity contribution in [2.45, 2.75) is 25.6 Å². The number of nitriles is 1. The van der Waals surface area contributed by atoms with Crippen molar-refractivity contribution in [1.82, 2.24) is 14.8 Å². The van der Waals surface area contributed by atoms with Gasteiger partial charge in [0.2, 0.25) is 5.91 Å². The first-order valence-corrected chi connectivity index (χ1v) is 13.7. The van der Waals surface area contributed by atoms with E-state index in [1.54, 1.807) is 30.2 Å². The number of carbonyl (C=O) groups is 2. The fourth-order valence-corrected chi connectivity index (χ4v) is 4.69. The van der Waals surface area contributed by atoms with Crippen LogP contribution < -0.4 is 5.32 Å². The maximum absolute atomic E-state index is 13.7. The molecule has 0 unspecified atom stereocenters. The predicted octanol–water partition coefficient (Wildman–Crippen LogP) is 6.20. The predicted molar refractivity (Wildman–Crippen MR) is 157 cm³/mol. The Morgan fingerprint density at radius 2 is 1.77 bits per heavy atom. The number of halogens is 3. The van der Waals surface area contributed by atoms with E-state index < -0.39 is 17.8 Å². The molecule has 0 fully saturated rings. The highest BCUT2D eigenvalue weighted by Crippen LogP contribution is 2.29. The van der Waals surface area contributed by atoms with Gasteiger partial charge in [-0.1, -0.05) is 36.4 Å². The van der Waals surface area contributed by atoms with Crippen molar-refractivity contribution in [2.24, 2.45) is 0 Å². The van der Waals surface area contributed by atoms with Crippen LogP contribution >= 0.6 is 0 Å². The first-order chi connectivity index (χ1) is 20.7. The lowest BCUT2D eigenvalue weighted by Gasteiger charge is -2.28. The quantitative estimate of drug-likeness (QED) is 0.192. The van der Waals surface area contributed by atoms with Gasteiger partial charge in [-0.05, 0) is 60.4 Å². The fourth-order valence-electron chi connectivity index (χ4n) is 4.69. The molecule has 0 atom stereocenters. The van der Waals surface area contributed by atoms with Gasteiger partial charge in [-0.2, -0.15) is 18.4 Å². The van der Waals surface area contributed by atoms with Crippen molar-refractivity contribution < 1.29 is 27.5 Å². The number of nitrogens with one attached hydrogen (secondary N) is 2. The zero-order chi connectivity index (χ0) is 30.8. The minimum Gasteiger partial charge on any atom is -0.385 e. The fraction of sp³-hybridized carbons (Fsp3) is 0.281. The summed E-state index contributed by atoms with van der Waals surface area (Å²) in [7, 11) is 1.54. The molecule has 0 saturated carbocycles. The number of ether oxygens (including phenoxy) is 1. The Kier molecular flexibility index (Phi) is 10.4. The van der Waals surface area contributed by atoms with E-state index in [0.717, 1.165) is 28.6 Å². The number of H-pyrrole nitrogens is 1. The van der Waals surface area contributed by atoms with Gasteiger partial charge in [-0.15, -0.1) is 0 Å². The van der Waals surface area contributed by atoms with Crippen LogP contribution in [-0.2, 0) is 28.7 Å². The van der Waals surface area contributed by atoms with Crippen LogP contribution in [0.4, 0.5) is 23.7 Å². The van der Waals surface area contributed by atoms with E-state index in [2.05, 4.69) is 10.3 Å². The molecule has 0 bridgehead atoms. The van der Waals surface area contributed by atoms with E-state index >= 15 is 0 Å². The number of fused-ring (bicyclic) bond motifs is 1. The first-order valence-electron chi connectivity index (χ1n) is 13.7. The van der Waals surface area contributed by atoms with Gasteiger partial charge >= 0.3 is 12.2 Å². The number of urea groups is 1. The lowest BCUT2D eigenvalue weighted by Crippen LogP contribution is -2.45. The molecule has 1 heterocycles. The molecular weight excluding hydrogens is 559 g/mol. The first kappa shape index (κ1) is 31.1. The summed E-state index contributed by atoms with van der Waals surface area (Å²) in [5.41, 5.74) is 2.50. The van der Waals surface area contributed by atoms with Gasteiger partial charge in [0.05, 0.1) is 17.2 Å². The monoisotopic (exact) mass is 591 g/mol. The molecular formula is C32H32F3N5O3. The van der Waals surface area contributed by atoms with E-state index in [-0.39, 0.29) is 32.1 Å². The molecule has 1 aromatic heterocycles. The second-order valence-corrected chi connectivity index (χ2v) is 10.0. The largest absolute Gasteiger partial charge is 0.416 e. The number of alkyl halides is 3. The Balaban J connectivity index is 1.54. The molecule has 0 aliphatic heterocycles. The number of amides is 3. The number of methoxy groups -OCH3 is 1. The van der Waals surface area contributed by atoms with Gasteiger partial charge in [-0.3, -0.25) is 4.79 Å². The van der Waals surface area contributed by atoms with Crippen LogP contribution in [0.3, 0.4) is 0 Å². The summed E-state index contributed by atoms with van der Waals surface area (Å²) in [6.45, 7) is 0.677. The zero-order valence-electron chi connectivity index (χ0n) is 23.7. The van der Waals surface area contributed by atoms with Crippen LogP contribution in [0.2, 0.25) is 0 Å². The highest BCUT2D eigenvalue weighted by Gasteiger charge is 2.30. The van der Waals surface area contributed by atoms with Crippen LogP contribution in [0.1, 0.15) is 28.7 Å². The number of hydrogen-bond donors (Lipinski definition) is 2. The van der Waals surface area contributed by atoms with E-state index in [0.29, 0.717) is 36.3 Å². The average molecular weight is 592 g/mol. The highest BCUT2D eigenvalue weighted by atomic mass is 19.4. The molecule has 8 nitrogen and oxygen atoms in total. The van der Waals surface area contributed by atoms with Crippen molar-refractivity contribution in [1.29, 1.82) is 5.26 Å². The molecule has 0 radical (unpaired) electrons.